The number of aromatic nitrogens is 3. The Kier molecular flexibility index (Phi) is 5.06. The number of hydrogen-bond donors (Lipinski definition) is 1. The van der Waals surface area contributed by atoms with Gasteiger partial charge in [-0.15, -0.1) is 10.2 Å². The summed E-state index contributed by atoms with van der Waals surface area (Å²) in [4.78, 5) is 24.8. The highest BCUT2D eigenvalue weighted by Gasteiger charge is 2.26. The topological polar surface area (TPSA) is 80.1 Å². The Morgan fingerprint density at radius 1 is 1.42 bits per heavy atom. The van der Waals surface area contributed by atoms with Crippen LogP contribution in [0.2, 0.25) is 5.02 Å². The molecule has 9 heteroatoms. The molecular formula is C15H16ClN5O2S. The minimum absolute atomic E-state index is 0.140. The molecule has 0 aliphatic carbocycles. The molecule has 1 aromatic carbocycles. The maximum Gasteiger partial charge on any atom is 0.324 e. The zero-order chi connectivity index (χ0) is 17.1. The van der Waals surface area contributed by atoms with Crippen LogP contribution in [0.5, 0.6) is 0 Å². The van der Waals surface area contributed by atoms with Crippen molar-refractivity contribution in [2.45, 2.75) is 18.6 Å². The van der Waals surface area contributed by atoms with Gasteiger partial charge in [0.15, 0.2) is 11.0 Å². The quantitative estimate of drug-likeness (QED) is 0.822. The van der Waals surface area contributed by atoms with Crippen LogP contribution in [0, 0.1) is 0 Å². The summed E-state index contributed by atoms with van der Waals surface area (Å²) in [7, 11) is 0. The van der Waals surface area contributed by atoms with Gasteiger partial charge in [-0.05, 0) is 19.1 Å². The van der Waals surface area contributed by atoms with Crippen LogP contribution in [-0.4, -0.2) is 50.4 Å². The SMILES string of the molecule is CCn1c(SCC(=O)N2CCNC2=O)nnc1-c1cccc(Cl)c1. The number of nitrogens with zero attached hydrogens (tertiary/aromatic N) is 4. The Bertz CT molecular complexity index is 779. The van der Waals surface area contributed by atoms with E-state index in [4.69, 9.17) is 11.6 Å². The molecule has 0 spiro atoms. The molecule has 2 aromatic rings. The number of benzene rings is 1. The second kappa shape index (κ2) is 7.23. The average molecular weight is 366 g/mol. The van der Waals surface area contributed by atoms with Gasteiger partial charge in [-0.3, -0.25) is 9.69 Å². The van der Waals surface area contributed by atoms with Crippen LogP contribution < -0.4 is 5.32 Å². The lowest BCUT2D eigenvalue weighted by Crippen LogP contribution is -2.35. The first kappa shape index (κ1) is 16.8. The standard InChI is InChI=1S/C15H16ClN5O2S/c1-2-20-13(10-4-3-5-11(16)8-10)18-19-15(20)24-9-12(22)21-7-6-17-14(21)23/h3-5,8H,2,6-7,9H2,1H3,(H,17,23). The zero-order valence-electron chi connectivity index (χ0n) is 13.0. The van der Waals surface area contributed by atoms with E-state index in [9.17, 15) is 9.59 Å². The Balaban J connectivity index is 1.75. The third-order valence-electron chi connectivity index (χ3n) is 3.60. The van der Waals surface area contributed by atoms with Crippen molar-refractivity contribution >= 4 is 35.3 Å². The molecule has 0 radical (unpaired) electrons. The smallest absolute Gasteiger partial charge is 0.324 e. The van der Waals surface area contributed by atoms with E-state index in [1.54, 1.807) is 6.07 Å². The van der Waals surface area contributed by atoms with Crippen molar-refractivity contribution in [2.24, 2.45) is 0 Å². The van der Waals surface area contributed by atoms with Crippen LogP contribution in [0.4, 0.5) is 4.79 Å². The summed E-state index contributed by atoms with van der Waals surface area (Å²) in [5.74, 6) is 0.611. The van der Waals surface area contributed by atoms with Gasteiger partial charge in [-0.2, -0.15) is 0 Å². The van der Waals surface area contributed by atoms with Gasteiger partial charge in [-0.25, -0.2) is 4.79 Å². The molecule has 0 bridgehead atoms. The monoisotopic (exact) mass is 365 g/mol. The molecular weight excluding hydrogens is 350 g/mol. The van der Waals surface area contributed by atoms with E-state index in [-0.39, 0.29) is 17.7 Å². The summed E-state index contributed by atoms with van der Waals surface area (Å²) in [5, 5.41) is 12.3. The molecule has 1 aromatic heterocycles. The minimum atomic E-state index is -0.336. The van der Waals surface area contributed by atoms with Crippen LogP contribution in [-0.2, 0) is 11.3 Å². The first-order valence-corrected chi connectivity index (χ1v) is 8.86. The van der Waals surface area contributed by atoms with Gasteiger partial charge < -0.3 is 9.88 Å². The number of carbonyl (C=O) groups is 2. The molecule has 3 rings (SSSR count). The van der Waals surface area contributed by atoms with Crippen molar-refractivity contribution < 1.29 is 9.59 Å². The van der Waals surface area contributed by atoms with Crippen LogP contribution in [0.25, 0.3) is 11.4 Å². The summed E-state index contributed by atoms with van der Waals surface area (Å²) in [6.07, 6.45) is 0. The number of carbonyl (C=O) groups excluding carboxylic acids is 2. The van der Waals surface area contributed by atoms with Crippen LogP contribution in [0.1, 0.15) is 6.92 Å². The highest BCUT2D eigenvalue weighted by Crippen LogP contribution is 2.26. The predicted molar refractivity (Wildman–Crippen MR) is 92.0 cm³/mol. The fourth-order valence-corrected chi connectivity index (χ4v) is 3.50. The molecule has 7 nitrogen and oxygen atoms in total. The zero-order valence-corrected chi connectivity index (χ0v) is 14.6. The van der Waals surface area contributed by atoms with Gasteiger partial charge in [0.25, 0.3) is 0 Å². The largest absolute Gasteiger partial charge is 0.336 e. The molecule has 126 valence electrons. The number of hydrogen-bond acceptors (Lipinski definition) is 5. The number of rotatable bonds is 5. The summed E-state index contributed by atoms with van der Waals surface area (Å²) < 4.78 is 1.92. The third-order valence-corrected chi connectivity index (χ3v) is 4.79. The van der Waals surface area contributed by atoms with Gasteiger partial charge in [0.2, 0.25) is 5.91 Å². The number of thioether (sulfide) groups is 1. The van der Waals surface area contributed by atoms with Crippen molar-refractivity contribution in [3.8, 4) is 11.4 Å². The Hall–Kier alpha value is -2.06. The summed E-state index contributed by atoms with van der Waals surface area (Å²) in [6.45, 7) is 3.55. The lowest BCUT2D eigenvalue weighted by molar-refractivity contribution is -0.124. The molecule has 0 unspecified atom stereocenters. The molecule has 1 N–H and O–H groups in total. The predicted octanol–water partition coefficient (Wildman–Crippen LogP) is 2.26. The van der Waals surface area contributed by atoms with E-state index in [2.05, 4.69) is 15.5 Å². The maximum absolute atomic E-state index is 12.1. The molecule has 2 heterocycles. The first-order valence-electron chi connectivity index (χ1n) is 7.50. The molecule has 24 heavy (non-hydrogen) atoms. The second-order valence-electron chi connectivity index (χ2n) is 5.13. The fourth-order valence-electron chi connectivity index (χ4n) is 2.44. The van der Waals surface area contributed by atoms with Gasteiger partial charge in [0.1, 0.15) is 0 Å². The van der Waals surface area contributed by atoms with Crippen molar-refractivity contribution in [3.63, 3.8) is 0 Å². The van der Waals surface area contributed by atoms with Crippen molar-refractivity contribution in [1.82, 2.24) is 25.0 Å². The lowest BCUT2D eigenvalue weighted by Gasteiger charge is -2.12. The Morgan fingerprint density at radius 2 is 2.25 bits per heavy atom. The third kappa shape index (κ3) is 3.39. The minimum Gasteiger partial charge on any atom is -0.336 e. The van der Waals surface area contributed by atoms with E-state index in [1.165, 1.54) is 16.7 Å². The highest BCUT2D eigenvalue weighted by atomic mass is 35.5. The number of urea groups is 1. The van der Waals surface area contributed by atoms with Gasteiger partial charge >= 0.3 is 6.03 Å². The number of amides is 3. The van der Waals surface area contributed by atoms with E-state index >= 15 is 0 Å². The molecule has 1 fully saturated rings. The van der Waals surface area contributed by atoms with Crippen LogP contribution in [0.15, 0.2) is 29.4 Å². The molecule has 0 atom stereocenters. The first-order chi connectivity index (χ1) is 11.6. The Labute approximate surface area is 148 Å². The average Bonchev–Trinajstić information content (AvgIpc) is 3.18. The summed E-state index contributed by atoms with van der Waals surface area (Å²) >= 11 is 7.31. The summed E-state index contributed by atoms with van der Waals surface area (Å²) in [6, 6.07) is 7.06. The van der Waals surface area contributed by atoms with Crippen LogP contribution in [0.3, 0.4) is 0 Å². The van der Waals surface area contributed by atoms with E-state index in [0.29, 0.717) is 35.6 Å². The summed E-state index contributed by atoms with van der Waals surface area (Å²) in [5.41, 5.74) is 0.869. The molecule has 1 aliphatic rings. The molecule has 0 saturated carbocycles. The number of nitrogens with one attached hydrogen (secondary N) is 1. The van der Waals surface area contributed by atoms with Gasteiger partial charge in [-0.1, -0.05) is 35.5 Å². The van der Waals surface area contributed by atoms with Gasteiger partial charge in [0.05, 0.1) is 5.75 Å². The van der Waals surface area contributed by atoms with E-state index < -0.39 is 0 Å². The molecule has 3 amide bonds. The second-order valence-corrected chi connectivity index (χ2v) is 6.51. The fraction of sp³-hybridized carbons (Fsp3) is 0.333. The van der Waals surface area contributed by atoms with Crippen molar-refractivity contribution in [3.05, 3.63) is 29.3 Å². The van der Waals surface area contributed by atoms with Crippen LogP contribution >= 0.6 is 23.4 Å². The number of imide groups is 1. The lowest BCUT2D eigenvalue weighted by atomic mass is 10.2. The van der Waals surface area contributed by atoms with E-state index in [1.807, 2.05) is 29.7 Å². The van der Waals surface area contributed by atoms with Gasteiger partial charge in [0, 0.05) is 30.2 Å². The van der Waals surface area contributed by atoms with Crippen molar-refractivity contribution in [1.29, 1.82) is 0 Å². The van der Waals surface area contributed by atoms with E-state index in [0.717, 1.165) is 5.56 Å². The Morgan fingerprint density at radius 3 is 2.92 bits per heavy atom. The van der Waals surface area contributed by atoms with Crippen molar-refractivity contribution in [2.75, 3.05) is 18.8 Å². The molecule has 1 aliphatic heterocycles. The maximum atomic E-state index is 12.1. The highest BCUT2D eigenvalue weighted by molar-refractivity contribution is 7.99. The number of halogens is 1. The normalized spacial score (nSPS) is 14.1. The molecule has 1 saturated heterocycles.